The summed E-state index contributed by atoms with van der Waals surface area (Å²) < 4.78 is 0. The Morgan fingerprint density at radius 3 is 2.47 bits per heavy atom. The lowest BCUT2D eigenvalue weighted by Gasteiger charge is -2.36. The molecule has 0 aromatic rings. The maximum absolute atomic E-state index is 11.9. The number of piperidine rings is 1. The highest BCUT2D eigenvalue weighted by Gasteiger charge is 2.37. The second-order valence-corrected chi connectivity index (χ2v) is 4.57. The molecule has 0 radical (unpaired) electrons. The van der Waals surface area contributed by atoms with E-state index in [1.807, 2.05) is 0 Å². The van der Waals surface area contributed by atoms with Crippen LogP contribution in [-0.4, -0.2) is 40.0 Å². The Labute approximate surface area is 89.2 Å². The van der Waals surface area contributed by atoms with E-state index < -0.39 is 17.6 Å². The Bertz CT molecular complexity index is 270. The molecule has 1 amide bonds. The van der Waals surface area contributed by atoms with Crippen LogP contribution in [0.25, 0.3) is 0 Å². The van der Waals surface area contributed by atoms with Crippen molar-refractivity contribution in [2.45, 2.75) is 44.7 Å². The minimum Gasteiger partial charge on any atom is -0.480 e. The Kier molecular flexibility index (Phi) is 3.34. The zero-order valence-electron chi connectivity index (χ0n) is 9.19. The molecular weight excluding hydrogens is 196 g/mol. The second-order valence-electron chi connectivity index (χ2n) is 4.57. The molecule has 1 aliphatic heterocycles. The summed E-state index contributed by atoms with van der Waals surface area (Å²) in [5.74, 6) is -1.22. The van der Waals surface area contributed by atoms with Crippen molar-refractivity contribution in [3.8, 4) is 0 Å². The number of amides is 1. The molecule has 1 saturated heterocycles. The highest BCUT2D eigenvalue weighted by Crippen LogP contribution is 2.20. The molecule has 0 aromatic carbocycles. The van der Waals surface area contributed by atoms with Crippen molar-refractivity contribution >= 4 is 11.9 Å². The summed E-state index contributed by atoms with van der Waals surface area (Å²) in [5, 5.41) is 8.99. The first-order valence-electron chi connectivity index (χ1n) is 5.17. The molecule has 0 spiro atoms. The van der Waals surface area contributed by atoms with Gasteiger partial charge < -0.3 is 15.7 Å². The molecule has 1 rings (SSSR count). The molecule has 1 heterocycles. The number of carboxylic acids is 1. The highest BCUT2D eigenvalue weighted by molar-refractivity contribution is 5.89. The first-order chi connectivity index (χ1) is 6.84. The SMILES string of the molecule is CC(C)(N)C(=O)N1CCCC[C@H]1C(=O)O. The quantitative estimate of drug-likeness (QED) is 0.687. The van der Waals surface area contributed by atoms with Gasteiger partial charge in [0.15, 0.2) is 0 Å². The summed E-state index contributed by atoms with van der Waals surface area (Å²) in [7, 11) is 0. The molecule has 0 saturated carbocycles. The zero-order valence-corrected chi connectivity index (χ0v) is 9.19. The Morgan fingerprint density at radius 1 is 1.40 bits per heavy atom. The van der Waals surface area contributed by atoms with E-state index in [2.05, 4.69) is 0 Å². The van der Waals surface area contributed by atoms with Gasteiger partial charge in [-0.05, 0) is 33.1 Å². The van der Waals surface area contributed by atoms with Gasteiger partial charge in [-0.25, -0.2) is 4.79 Å². The summed E-state index contributed by atoms with van der Waals surface area (Å²) in [6, 6.07) is -0.700. The number of hydrogen-bond acceptors (Lipinski definition) is 3. The first-order valence-corrected chi connectivity index (χ1v) is 5.17. The number of carbonyl (C=O) groups excluding carboxylic acids is 1. The number of carboxylic acid groups (broad SMARTS) is 1. The summed E-state index contributed by atoms with van der Waals surface area (Å²) in [4.78, 5) is 24.2. The number of rotatable bonds is 2. The topological polar surface area (TPSA) is 83.6 Å². The van der Waals surface area contributed by atoms with Crippen molar-refractivity contribution in [3.63, 3.8) is 0 Å². The van der Waals surface area contributed by atoms with Gasteiger partial charge in [-0.1, -0.05) is 0 Å². The summed E-state index contributed by atoms with van der Waals surface area (Å²) in [5.41, 5.74) is 4.69. The minimum absolute atomic E-state index is 0.283. The van der Waals surface area contributed by atoms with E-state index in [1.54, 1.807) is 13.8 Å². The van der Waals surface area contributed by atoms with Crippen molar-refractivity contribution in [1.29, 1.82) is 0 Å². The predicted molar refractivity (Wildman–Crippen MR) is 55.3 cm³/mol. The smallest absolute Gasteiger partial charge is 0.326 e. The van der Waals surface area contributed by atoms with Gasteiger partial charge >= 0.3 is 5.97 Å². The van der Waals surface area contributed by atoms with Gasteiger partial charge in [-0.15, -0.1) is 0 Å². The van der Waals surface area contributed by atoms with Gasteiger partial charge in [-0.2, -0.15) is 0 Å². The average molecular weight is 214 g/mol. The number of likely N-dealkylation sites (tertiary alicyclic amines) is 1. The largest absolute Gasteiger partial charge is 0.480 e. The predicted octanol–water partition coefficient (Wildman–Crippen LogP) is 0.189. The van der Waals surface area contributed by atoms with E-state index in [1.165, 1.54) is 4.90 Å². The Hall–Kier alpha value is -1.10. The molecule has 5 heteroatoms. The molecule has 0 unspecified atom stereocenters. The van der Waals surface area contributed by atoms with Crippen LogP contribution in [-0.2, 0) is 9.59 Å². The van der Waals surface area contributed by atoms with Crippen LogP contribution >= 0.6 is 0 Å². The average Bonchev–Trinajstić information content (AvgIpc) is 2.15. The molecule has 0 aromatic heterocycles. The molecule has 0 bridgehead atoms. The number of nitrogens with zero attached hydrogens (tertiary/aromatic N) is 1. The maximum atomic E-state index is 11.9. The van der Waals surface area contributed by atoms with E-state index >= 15 is 0 Å². The highest BCUT2D eigenvalue weighted by atomic mass is 16.4. The van der Waals surface area contributed by atoms with Crippen LogP contribution in [0.2, 0.25) is 0 Å². The fourth-order valence-corrected chi connectivity index (χ4v) is 1.80. The van der Waals surface area contributed by atoms with Gasteiger partial charge in [0, 0.05) is 6.54 Å². The van der Waals surface area contributed by atoms with E-state index in [9.17, 15) is 9.59 Å². The lowest BCUT2D eigenvalue weighted by molar-refractivity contribution is -0.154. The third kappa shape index (κ3) is 2.68. The number of hydrogen-bond donors (Lipinski definition) is 2. The lowest BCUT2D eigenvalue weighted by Crippen LogP contribution is -2.57. The fraction of sp³-hybridized carbons (Fsp3) is 0.800. The molecule has 0 aliphatic carbocycles. The van der Waals surface area contributed by atoms with Crippen molar-refractivity contribution in [1.82, 2.24) is 4.90 Å². The molecule has 3 N–H and O–H groups in total. The van der Waals surface area contributed by atoms with Gasteiger partial charge in [0.2, 0.25) is 5.91 Å². The van der Waals surface area contributed by atoms with Crippen molar-refractivity contribution in [2.75, 3.05) is 6.54 Å². The molecule has 5 nitrogen and oxygen atoms in total. The fourth-order valence-electron chi connectivity index (χ4n) is 1.80. The van der Waals surface area contributed by atoms with Crippen LogP contribution in [0.5, 0.6) is 0 Å². The molecule has 1 atom stereocenters. The number of carbonyl (C=O) groups is 2. The lowest BCUT2D eigenvalue weighted by atomic mass is 9.97. The van der Waals surface area contributed by atoms with Crippen LogP contribution in [0.3, 0.4) is 0 Å². The number of nitrogens with two attached hydrogens (primary N) is 1. The van der Waals surface area contributed by atoms with Gasteiger partial charge in [0.1, 0.15) is 6.04 Å². The standard InChI is InChI=1S/C10H18N2O3/c1-10(2,11)9(15)12-6-4-3-5-7(12)8(13)14/h7H,3-6,11H2,1-2H3,(H,13,14)/t7-/m0/s1. The molecule has 1 fully saturated rings. The number of aliphatic carboxylic acids is 1. The van der Waals surface area contributed by atoms with Crippen molar-refractivity contribution in [2.24, 2.45) is 5.73 Å². The Balaban J connectivity index is 2.81. The van der Waals surface area contributed by atoms with Crippen molar-refractivity contribution < 1.29 is 14.7 Å². The normalized spacial score (nSPS) is 22.6. The van der Waals surface area contributed by atoms with Crippen LogP contribution in [0.4, 0.5) is 0 Å². The maximum Gasteiger partial charge on any atom is 0.326 e. The second kappa shape index (κ2) is 4.18. The van der Waals surface area contributed by atoms with Crippen LogP contribution in [0.15, 0.2) is 0 Å². The molecule has 15 heavy (non-hydrogen) atoms. The van der Waals surface area contributed by atoms with E-state index in [-0.39, 0.29) is 5.91 Å². The van der Waals surface area contributed by atoms with Crippen LogP contribution in [0.1, 0.15) is 33.1 Å². The van der Waals surface area contributed by atoms with Gasteiger partial charge in [0.05, 0.1) is 5.54 Å². The van der Waals surface area contributed by atoms with Gasteiger partial charge in [0.25, 0.3) is 0 Å². The third-order valence-electron chi connectivity index (χ3n) is 2.60. The summed E-state index contributed by atoms with van der Waals surface area (Å²) in [6.45, 7) is 3.70. The molecule has 1 aliphatic rings. The molecular formula is C10H18N2O3. The Morgan fingerprint density at radius 2 is 2.00 bits per heavy atom. The molecule has 86 valence electrons. The summed E-state index contributed by atoms with van der Waals surface area (Å²) >= 11 is 0. The van der Waals surface area contributed by atoms with E-state index in [0.29, 0.717) is 13.0 Å². The monoisotopic (exact) mass is 214 g/mol. The van der Waals surface area contributed by atoms with Crippen molar-refractivity contribution in [3.05, 3.63) is 0 Å². The zero-order chi connectivity index (χ0) is 11.6. The minimum atomic E-state index is -0.995. The first kappa shape index (κ1) is 12.0. The van der Waals surface area contributed by atoms with E-state index in [0.717, 1.165) is 12.8 Å². The van der Waals surface area contributed by atoms with E-state index in [4.69, 9.17) is 10.8 Å². The van der Waals surface area contributed by atoms with Crippen LogP contribution < -0.4 is 5.73 Å². The third-order valence-corrected chi connectivity index (χ3v) is 2.60. The van der Waals surface area contributed by atoms with Crippen LogP contribution in [0, 0.1) is 0 Å². The summed E-state index contributed by atoms with van der Waals surface area (Å²) in [6.07, 6.45) is 2.23. The van der Waals surface area contributed by atoms with Gasteiger partial charge in [-0.3, -0.25) is 4.79 Å².